The van der Waals surface area contributed by atoms with E-state index in [9.17, 15) is 19.5 Å². The van der Waals surface area contributed by atoms with E-state index in [1.54, 1.807) is 0 Å². The first-order valence-corrected chi connectivity index (χ1v) is 14.8. The van der Waals surface area contributed by atoms with Gasteiger partial charge in [0.1, 0.15) is 5.60 Å². The molecule has 8 nitrogen and oxygen atoms in total. The van der Waals surface area contributed by atoms with Crippen LogP contribution in [0.1, 0.15) is 88.9 Å². The van der Waals surface area contributed by atoms with Crippen molar-refractivity contribution in [3.05, 3.63) is 52.3 Å². The van der Waals surface area contributed by atoms with Gasteiger partial charge < -0.3 is 20.1 Å². The maximum absolute atomic E-state index is 13.9. The van der Waals surface area contributed by atoms with Crippen LogP contribution in [0.25, 0.3) is 11.1 Å². The maximum Gasteiger partial charge on any atom is 0.407 e. The van der Waals surface area contributed by atoms with Crippen LogP contribution >= 0.6 is 0 Å². The number of carboxylic acids is 1. The fourth-order valence-electron chi connectivity index (χ4n) is 5.59. The van der Waals surface area contributed by atoms with Gasteiger partial charge in [-0.05, 0) is 82.9 Å². The number of rotatable bonds is 9. The zero-order valence-corrected chi connectivity index (χ0v) is 26.0. The summed E-state index contributed by atoms with van der Waals surface area (Å²) in [4.78, 5) is 45.0. The van der Waals surface area contributed by atoms with Crippen molar-refractivity contribution in [3.63, 3.8) is 0 Å². The Bertz CT molecular complexity index is 1250. The smallest absolute Gasteiger partial charge is 0.407 e. The normalized spacial score (nSPS) is 17.4. The summed E-state index contributed by atoms with van der Waals surface area (Å²) in [7, 11) is 0. The Balaban J connectivity index is 2.09. The van der Waals surface area contributed by atoms with Crippen molar-refractivity contribution in [3.8, 4) is 11.1 Å². The van der Waals surface area contributed by atoms with Crippen molar-refractivity contribution >= 4 is 18.0 Å². The Morgan fingerprint density at radius 3 is 2.34 bits per heavy atom. The van der Waals surface area contributed by atoms with Gasteiger partial charge in [-0.25, -0.2) is 4.79 Å². The van der Waals surface area contributed by atoms with E-state index >= 15 is 0 Å². The maximum atomic E-state index is 13.9. The summed E-state index contributed by atoms with van der Waals surface area (Å²) >= 11 is 0. The number of alkyl carbamates (subject to hydrolysis) is 1. The van der Waals surface area contributed by atoms with E-state index in [0.717, 1.165) is 45.6 Å². The first kappa shape index (κ1) is 32.1. The largest absolute Gasteiger partial charge is 0.481 e. The molecule has 1 aliphatic heterocycles. The Morgan fingerprint density at radius 1 is 1.12 bits per heavy atom. The number of nitrogens with one attached hydrogen (secondary N) is 1. The van der Waals surface area contributed by atoms with Crippen molar-refractivity contribution in [2.24, 2.45) is 11.8 Å². The topological polar surface area (TPSA) is 109 Å². The van der Waals surface area contributed by atoms with Crippen LogP contribution in [0.5, 0.6) is 0 Å². The minimum absolute atomic E-state index is 0.0263. The Hall–Kier alpha value is -3.42. The van der Waals surface area contributed by atoms with Gasteiger partial charge in [0.25, 0.3) is 0 Å². The summed E-state index contributed by atoms with van der Waals surface area (Å²) in [5.74, 6) is -0.903. The number of ether oxygens (including phenoxy) is 1. The summed E-state index contributed by atoms with van der Waals surface area (Å²) in [5, 5.41) is 12.5. The van der Waals surface area contributed by atoms with Gasteiger partial charge in [-0.2, -0.15) is 0 Å². The molecule has 0 aliphatic carbocycles. The van der Waals surface area contributed by atoms with Crippen LogP contribution in [0.3, 0.4) is 0 Å². The van der Waals surface area contributed by atoms with Gasteiger partial charge in [0.05, 0.1) is 12.3 Å². The van der Waals surface area contributed by atoms with Crippen LogP contribution in [0.4, 0.5) is 4.79 Å². The summed E-state index contributed by atoms with van der Waals surface area (Å²) in [6.07, 6.45) is 2.00. The van der Waals surface area contributed by atoms with Crippen molar-refractivity contribution < 1.29 is 24.2 Å². The number of likely N-dealkylation sites (tertiary alicyclic amines) is 1. The number of pyridine rings is 1. The zero-order chi connectivity index (χ0) is 30.5. The highest BCUT2D eigenvalue weighted by Gasteiger charge is 2.34. The molecule has 1 aromatic carbocycles. The number of amides is 2. The number of aromatic nitrogens is 1. The molecule has 2 amide bonds. The number of piperidine rings is 1. The number of carboxylic acid groups (broad SMARTS) is 1. The molecule has 2 atom stereocenters. The Kier molecular flexibility index (Phi) is 10.6. The molecule has 1 aliphatic rings. The number of nitrogens with zero attached hydrogens (tertiary/aromatic N) is 2. The number of carbonyl (C=O) groups excluding carboxylic acids is 2. The molecule has 2 aromatic rings. The molecule has 8 heteroatoms. The fourth-order valence-corrected chi connectivity index (χ4v) is 5.59. The highest BCUT2D eigenvalue weighted by atomic mass is 16.6. The molecule has 2 unspecified atom stereocenters. The van der Waals surface area contributed by atoms with E-state index in [1.807, 2.05) is 58.6 Å². The molecule has 3 rings (SSSR count). The molecule has 1 fully saturated rings. The van der Waals surface area contributed by atoms with Gasteiger partial charge in [0.15, 0.2) is 0 Å². The van der Waals surface area contributed by atoms with Gasteiger partial charge in [-0.1, -0.05) is 50.6 Å². The number of aryl methyl sites for hydroxylation is 2. The SMILES string of the molecule is CCC1CC(C(=O)O)CCN1C(=O)Cc1c(C)nc(CC(C)C)c(CNC(=O)OC(C)(C)C)c1-c1ccc(C)cc1. The molecular formula is C33H47N3O5. The van der Waals surface area contributed by atoms with Crippen LogP contribution in [0, 0.1) is 25.7 Å². The van der Waals surface area contributed by atoms with Crippen LogP contribution in [-0.4, -0.2) is 51.1 Å². The first-order chi connectivity index (χ1) is 19.2. The zero-order valence-electron chi connectivity index (χ0n) is 26.0. The molecule has 224 valence electrons. The van der Waals surface area contributed by atoms with Crippen LogP contribution < -0.4 is 5.32 Å². The lowest BCUT2D eigenvalue weighted by atomic mass is 9.87. The van der Waals surface area contributed by atoms with E-state index in [2.05, 4.69) is 31.3 Å². The number of aliphatic carboxylic acids is 1. The van der Waals surface area contributed by atoms with E-state index in [4.69, 9.17) is 9.72 Å². The van der Waals surface area contributed by atoms with Crippen molar-refractivity contribution in [2.45, 2.75) is 106 Å². The molecule has 1 saturated heterocycles. The van der Waals surface area contributed by atoms with Crippen molar-refractivity contribution in [2.75, 3.05) is 6.54 Å². The van der Waals surface area contributed by atoms with Gasteiger partial charge in [-0.3, -0.25) is 14.6 Å². The average molecular weight is 566 g/mol. The van der Waals surface area contributed by atoms with Gasteiger partial charge >= 0.3 is 12.1 Å². The lowest BCUT2D eigenvalue weighted by Gasteiger charge is -2.38. The Labute approximate surface area is 244 Å². The Morgan fingerprint density at radius 2 is 1.78 bits per heavy atom. The van der Waals surface area contributed by atoms with E-state index < -0.39 is 23.6 Å². The van der Waals surface area contributed by atoms with Gasteiger partial charge in [0.2, 0.25) is 5.91 Å². The van der Waals surface area contributed by atoms with E-state index in [0.29, 0.717) is 31.7 Å². The number of hydrogen-bond acceptors (Lipinski definition) is 5. The molecule has 0 saturated carbocycles. The summed E-state index contributed by atoms with van der Waals surface area (Å²) in [5.41, 5.74) is 5.80. The number of carbonyl (C=O) groups is 3. The van der Waals surface area contributed by atoms with E-state index in [-0.39, 0.29) is 24.9 Å². The second-order valence-electron chi connectivity index (χ2n) is 12.7. The summed E-state index contributed by atoms with van der Waals surface area (Å²) in [6.45, 7) is 16.4. The van der Waals surface area contributed by atoms with Crippen molar-refractivity contribution in [1.29, 1.82) is 0 Å². The molecule has 1 aromatic heterocycles. The molecule has 2 heterocycles. The van der Waals surface area contributed by atoms with Crippen molar-refractivity contribution in [1.82, 2.24) is 15.2 Å². The standard InChI is InChI=1S/C33H47N3O5/c1-9-25-17-24(31(38)39)14-15-36(25)29(37)18-26-22(5)35-28(16-20(2)3)27(19-34-32(40)41-33(6,7)8)30(26)23-12-10-21(4)11-13-23/h10-13,20,24-25H,9,14-19H2,1-8H3,(H,34,40)(H,38,39). The monoisotopic (exact) mass is 565 g/mol. The fraction of sp³-hybridized carbons (Fsp3) is 0.576. The van der Waals surface area contributed by atoms with E-state index in [1.165, 1.54) is 0 Å². The van der Waals surface area contributed by atoms with Crippen LogP contribution in [-0.2, 0) is 33.7 Å². The minimum atomic E-state index is -0.792. The molecule has 0 radical (unpaired) electrons. The third kappa shape index (κ3) is 8.54. The molecular weight excluding hydrogens is 518 g/mol. The second-order valence-corrected chi connectivity index (χ2v) is 12.7. The number of hydrogen-bond donors (Lipinski definition) is 2. The summed E-state index contributed by atoms with van der Waals surface area (Å²) in [6, 6.07) is 8.10. The lowest BCUT2D eigenvalue weighted by molar-refractivity contribution is -0.147. The average Bonchev–Trinajstić information content (AvgIpc) is 2.88. The predicted molar refractivity (Wildman–Crippen MR) is 161 cm³/mol. The molecule has 2 N–H and O–H groups in total. The number of benzene rings is 1. The first-order valence-electron chi connectivity index (χ1n) is 14.8. The quantitative estimate of drug-likeness (QED) is 0.373. The molecule has 0 spiro atoms. The minimum Gasteiger partial charge on any atom is -0.481 e. The van der Waals surface area contributed by atoms with Gasteiger partial charge in [-0.15, -0.1) is 0 Å². The lowest BCUT2D eigenvalue weighted by Crippen LogP contribution is -2.47. The van der Waals surface area contributed by atoms with Crippen LogP contribution in [0.15, 0.2) is 24.3 Å². The third-order valence-electron chi connectivity index (χ3n) is 7.63. The predicted octanol–water partition coefficient (Wildman–Crippen LogP) is 6.23. The second kappa shape index (κ2) is 13.5. The highest BCUT2D eigenvalue weighted by molar-refractivity contribution is 5.84. The molecule has 41 heavy (non-hydrogen) atoms. The third-order valence-corrected chi connectivity index (χ3v) is 7.63. The summed E-state index contributed by atoms with van der Waals surface area (Å²) < 4.78 is 5.52. The van der Waals surface area contributed by atoms with Crippen LogP contribution in [0.2, 0.25) is 0 Å². The highest BCUT2D eigenvalue weighted by Crippen LogP contribution is 2.34. The van der Waals surface area contributed by atoms with Gasteiger partial charge in [0, 0.05) is 36.1 Å². The molecule has 0 bridgehead atoms.